The van der Waals surface area contributed by atoms with Crippen molar-refractivity contribution >= 4 is 5.69 Å². The second kappa shape index (κ2) is 5.30. The highest BCUT2D eigenvalue weighted by atomic mass is 16.5. The van der Waals surface area contributed by atoms with Gasteiger partial charge in [-0.05, 0) is 57.4 Å². The summed E-state index contributed by atoms with van der Waals surface area (Å²) in [5.74, 6) is 0.912. The molecule has 3 heteroatoms. The van der Waals surface area contributed by atoms with Crippen molar-refractivity contribution in [3.63, 3.8) is 0 Å². The van der Waals surface area contributed by atoms with E-state index in [1.165, 1.54) is 5.56 Å². The van der Waals surface area contributed by atoms with Crippen molar-refractivity contribution in [1.29, 1.82) is 5.26 Å². The van der Waals surface area contributed by atoms with E-state index in [2.05, 4.69) is 25.2 Å². The predicted molar refractivity (Wildman–Crippen MR) is 75.1 cm³/mol. The van der Waals surface area contributed by atoms with Crippen LogP contribution in [-0.4, -0.2) is 13.7 Å². The van der Waals surface area contributed by atoms with Crippen LogP contribution in [0.2, 0.25) is 0 Å². The smallest absolute Gasteiger partial charge is 0.122 e. The number of benzene rings is 1. The van der Waals surface area contributed by atoms with Gasteiger partial charge < -0.3 is 10.1 Å². The number of aryl methyl sites for hydroxylation is 1. The molecule has 0 radical (unpaired) electrons. The number of nitrogens with one attached hydrogen (secondary N) is 1. The molecule has 0 unspecified atom stereocenters. The van der Waals surface area contributed by atoms with Crippen molar-refractivity contribution in [2.24, 2.45) is 5.41 Å². The molecule has 1 N–H and O–H groups in total. The molecule has 0 saturated heterocycles. The van der Waals surface area contributed by atoms with Crippen LogP contribution in [0.15, 0.2) is 6.07 Å². The molecular weight excluding hydrogens is 224 g/mol. The van der Waals surface area contributed by atoms with Crippen LogP contribution in [0.4, 0.5) is 5.69 Å². The average molecular weight is 246 g/mol. The minimum Gasteiger partial charge on any atom is -0.496 e. The summed E-state index contributed by atoms with van der Waals surface area (Å²) in [6.45, 7) is 10.7. The largest absolute Gasteiger partial charge is 0.496 e. The second-order valence-electron chi connectivity index (χ2n) is 5.37. The molecule has 0 aliphatic carbocycles. The third-order valence-electron chi connectivity index (χ3n) is 3.28. The molecule has 18 heavy (non-hydrogen) atoms. The standard InChI is InChI=1S/C15H22N2O/c1-10-7-13(18-6)11(2)12(3)14(10)17-9-15(4,5)8-16/h7,17H,9H2,1-6H3. The van der Waals surface area contributed by atoms with Crippen molar-refractivity contribution in [2.45, 2.75) is 34.6 Å². The first kappa shape index (κ1) is 14.4. The third-order valence-corrected chi connectivity index (χ3v) is 3.28. The topological polar surface area (TPSA) is 45.0 Å². The van der Waals surface area contributed by atoms with Crippen LogP contribution >= 0.6 is 0 Å². The first-order valence-corrected chi connectivity index (χ1v) is 6.12. The zero-order chi connectivity index (χ0) is 13.9. The lowest BCUT2D eigenvalue weighted by Gasteiger charge is -2.21. The van der Waals surface area contributed by atoms with Crippen LogP contribution in [-0.2, 0) is 0 Å². The Balaban J connectivity index is 3.05. The molecule has 1 rings (SSSR count). The molecule has 0 spiro atoms. The lowest BCUT2D eigenvalue weighted by atomic mass is 9.95. The quantitative estimate of drug-likeness (QED) is 0.883. The van der Waals surface area contributed by atoms with Gasteiger partial charge in [0.15, 0.2) is 0 Å². The molecular formula is C15H22N2O. The van der Waals surface area contributed by atoms with Crippen LogP contribution < -0.4 is 10.1 Å². The van der Waals surface area contributed by atoms with E-state index in [1.54, 1.807) is 7.11 Å². The molecule has 3 nitrogen and oxygen atoms in total. The monoisotopic (exact) mass is 246 g/mol. The van der Waals surface area contributed by atoms with Crippen LogP contribution in [0.1, 0.15) is 30.5 Å². The number of rotatable bonds is 4. The highest BCUT2D eigenvalue weighted by Crippen LogP contribution is 2.31. The summed E-state index contributed by atoms with van der Waals surface area (Å²) in [7, 11) is 1.69. The van der Waals surface area contributed by atoms with Gasteiger partial charge in [0.2, 0.25) is 0 Å². The van der Waals surface area contributed by atoms with E-state index >= 15 is 0 Å². The van der Waals surface area contributed by atoms with E-state index in [1.807, 2.05) is 26.8 Å². The van der Waals surface area contributed by atoms with Crippen molar-refractivity contribution in [2.75, 3.05) is 19.0 Å². The maximum absolute atomic E-state index is 9.04. The highest BCUT2D eigenvalue weighted by molar-refractivity contribution is 5.63. The first-order chi connectivity index (χ1) is 8.32. The predicted octanol–water partition coefficient (Wildman–Crippen LogP) is 3.58. The Morgan fingerprint density at radius 1 is 1.28 bits per heavy atom. The lowest BCUT2D eigenvalue weighted by molar-refractivity contribution is 0.411. The lowest BCUT2D eigenvalue weighted by Crippen LogP contribution is -2.22. The van der Waals surface area contributed by atoms with E-state index in [9.17, 15) is 0 Å². The first-order valence-electron chi connectivity index (χ1n) is 6.12. The van der Waals surface area contributed by atoms with E-state index in [0.29, 0.717) is 6.54 Å². The molecule has 1 aromatic carbocycles. The van der Waals surface area contributed by atoms with Crippen LogP contribution in [0, 0.1) is 37.5 Å². The molecule has 0 heterocycles. The molecule has 0 bridgehead atoms. The second-order valence-corrected chi connectivity index (χ2v) is 5.37. The van der Waals surface area contributed by atoms with Crippen molar-refractivity contribution in [1.82, 2.24) is 0 Å². The Morgan fingerprint density at radius 3 is 2.39 bits per heavy atom. The number of methoxy groups -OCH3 is 1. The summed E-state index contributed by atoms with van der Waals surface area (Å²) in [6.07, 6.45) is 0. The van der Waals surface area contributed by atoms with Gasteiger partial charge in [-0.1, -0.05) is 0 Å². The van der Waals surface area contributed by atoms with Gasteiger partial charge in [0.05, 0.1) is 18.6 Å². The molecule has 0 aliphatic rings. The zero-order valence-corrected chi connectivity index (χ0v) is 12.1. The third kappa shape index (κ3) is 2.95. The Labute approximate surface area is 110 Å². The number of nitriles is 1. The van der Waals surface area contributed by atoms with Gasteiger partial charge in [-0.25, -0.2) is 0 Å². The highest BCUT2D eigenvalue weighted by Gasteiger charge is 2.18. The summed E-state index contributed by atoms with van der Waals surface area (Å²) >= 11 is 0. The summed E-state index contributed by atoms with van der Waals surface area (Å²) in [6, 6.07) is 4.33. The SMILES string of the molecule is COc1cc(C)c(NCC(C)(C)C#N)c(C)c1C. The van der Waals surface area contributed by atoms with Gasteiger partial charge in [-0.3, -0.25) is 0 Å². The van der Waals surface area contributed by atoms with Gasteiger partial charge in [-0.15, -0.1) is 0 Å². The summed E-state index contributed by atoms with van der Waals surface area (Å²) in [4.78, 5) is 0. The molecule has 0 amide bonds. The minimum absolute atomic E-state index is 0.368. The number of hydrogen-bond acceptors (Lipinski definition) is 3. The van der Waals surface area contributed by atoms with Gasteiger partial charge >= 0.3 is 0 Å². The Hall–Kier alpha value is -1.69. The summed E-state index contributed by atoms with van der Waals surface area (Å²) in [5, 5.41) is 12.4. The molecule has 0 aliphatic heterocycles. The Bertz CT molecular complexity index is 484. The fourth-order valence-corrected chi connectivity index (χ4v) is 1.88. The summed E-state index contributed by atoms with van der Waals surface area (Å²) in [5.41, 5.74) is 4.20. The van der Waals surface area contributed by atoms with E-state index in [-0.39, 0.29) is 5.41 Å². The molecule has 98 valence electrons. The van der Waals surface area contributed by atoms with Crippen molar-refractivity contribution in [3.05, 3.63) is 22.8 Å². The minimum atomic E-state index is -0.368. The van der Waals surface area contributed by atoms with Crippen LogP contribution in [0.25, 0.3) is 0 Å². The number of anilines is 1. The van der Waals surface area contributed by atoms with E-state index < -0.39 is 0 Å². The zero-order valence-electron chi connectivity index (χ0n) is 12.1. The molecule has 1 aromatic rings. The average Bonchev–Trinajstić information content (AvgIpc) is 2.33. The van der Waals surface area contributed by atoms with Crippen molar-refractivity contribution < 1.29 is 4.74 Å². The van der Waals surface area contributed by atoms with Crippen molar-refractivity contribution in [3.8, 4) is 11.8 Å². The Kier molecular flexibility index (Phi) is 4.24. The van der Waals surface area contributed by atoms with Crippen LogP contribution in [0.3, 0.4) is 0 Å². The van der Waals surface area contributed by atoms with E-state index in [0.717, 1.165) is 22.6 Å². The number of ether oxygens (including phenoxy) is 1. The summed E-state index contributed by atoms with van der Waals surface area (Å²) < 4.78 is 5.35. The molecule has 0 fully saturated rings. The van der Waals surface area contributed by atoms with Gasteiger partial charge in [-0.2, -0.15) is 5.26 Å². The fraction of sp³-hybridized carbons (Fsp3) is 0.533. The van der Waals surface area contributed by atoms with Gasteiger partial charge in [0.25, 0.3) is 0 Å². The Morgan fingerprint density at radius 2 is 1.89 bits per heavy atom. The molecule has 0 saturated carbocycles. The molecule has 0 atom stereocenters. The maximum Gasteiger partial charge on any atom is 0.122 e. The number of nitrogens with zero attached hydrogens (tertiary/aromatic N) is 1. The maximum atomic E-state index is 9.04. The fourth-order valence-electron chi connectivity index (χ4n) is 1.88. The van der Waals surface area contributed by atoms with E-state index in [4.69, 9.17) is 10.00 Å². The number of hydrogen-bond donors (Lipinski definition) is 1. The normalized spacial score (nSPS) is 10.9. The van der Waals surface area contributed by atoms with Gasteiger partial charge in [0, 0.05) is 12.2 Å². The van der Waals surface area contributed by atoms with Gasteiger partial charge in [0.1, 0.15) is 5.75 Å². The van der Waals surface area contributed by atoms with Crippen LogP contribution in [0.5, 0.6) is 5.75 Å². The molecule has 0 aromatic heterocycles.